The molecule has 1 heterocycles. The lowest BCUT2D eigenvalue weighted by atomic mass is 10.1. The van der Waals surface area contributed by atoms with Crippen LogP contribution in [0.4, 0.5) is 5.69 Å². The Morgan fingerprint density at radius 3 is 2.56 bits per heavy atom. The Bertz CT molecular complexity index is 422. The van der Waals surface area contributed by atoms with Gasteiger partial charge >= 0.3 is 0 Å². The predicted molar refractivity (Wildman–Crippen MR) is 68.7 cm³/mol. The van der Waals surface area contributed by atoms with Crippen LogP contribution in [0.5, 0.6) is 0 Å². The molecule has 1 aromatic carbocycles. The molecule has 1 unspecified atom stereocenters. The van der Waals surface area contributed by atoms with Gasteiger partial charge in [0.2, 0.25) is 0 Å². The quantitative estimate of drug-likeness (QED) is 0.848. The Morgan fingerprint density at radius 1 is 1.25 bits per heavy atom. The maximum absolute atomic E-state index is 8.94. The van der Waals surface area contributed by atoms with Gasteiger partial charge in [-0.3, -0.25) is 0 Å². The normalized spacial score (nSPS) is 12.4. The minimum absolute atomic E-state index is 0.0976. The van der Waals surface area contributed by atoms with Crippen LogP contribution in [-0.2, 0) is 6.61 Å². The van der Waals surface area contributed by atoms with Crippen molar-refractivity contribution in [2.45, 2.75) is 19.6 Å². The second kappa shape index (κ2) is 5.14. The van der Waals surface area contributed by atoms with Crippen LogP contribution in [0.15, 0.2) is 41.1 Å². The molecule has 0 fully saturated rings. The Hall–Kier alpha value is -1.32. The summed E-state index contributed by atoms with van der Waals surface area (Å²) in [6.07, 6.45) is 0. The Morgan fingerprint density at radius 2 is 2.00 bits per heavy atom. The highest BCUT2D eigenvalue weighted by Gasteiger charge is 2.04. The minimum atomic E-state index is 0.0976. The molecule has 0 bridgehead atoms. The van der Waals surface area contributed by atoms with E-state index in [0.29, 0.717) is 6.04 Å². The third-order valence-corrected chi connectivity index (χ3v) is 3.26. The molecule has 0 saturated carbocycles. The first-order chi connectivity index (χ1) is 7.79. The SMILES string of the molecule is CC(Nc1ccc(CO)cc1)c1ccsc1. The fourth-order valence-electron chi connectivity index (χ4n) is 1.56. The zero-order chi connectivity index (χ0) is 11.4. The third-order valence-electron chi connectivity index (χ3n) is 2.56. The molecule has 0 amide bonds. The standard InChI is InChI=1S/C13H15NOS/c1-10(12-6-7-16-9-12)14-13-4-2-11(8-15)3-5-13/h2-7,9-10,14-15H,8H2,1H3. The van der Waals surface area contributed by atoms with Crippen LogP contribution >= 0.6 is 11.3 Å². The van der Waals surface area contributed by atoms with E-state index < -0.39 is 0 Å². The summed E-state index contributed by atoms with van der Waals surface area (Å²) in [7, 11) is 0. The van der Waals surface area contributed by atoms with E-state index in [1.165, 1.54) is 5.56 Å². The van der Waals surface area contributed by atoms with E-state index in [0.717, 1.165) is 11.3 Å². The van der Waals surface area contributed by atoms with Gasteiger partial charge in [-0.15, -0.1) is 0 Å². The number of rotatable bonds is 4. The van der Waals surface area contributed by atoms with Gasteiger partial charge in [-0.25, -0.2) is 0 Å². The number of hydrogen-bond acceptors (Lipinski definition) is 3. The van der Waals surface area contributed by atoms with Crippen molar-refractivity contribution < 1.29 is 5.11 Å². The lowest BCUT2D eigenvalue weighted by Gasteiger charge is -2.14. The Kier molecular flexibility index (Phi) is 3.59. The van der Waals surface area contributed by atoms with Crippen molar-refractivity contribution in [1.82, 2.24) is 0 Å². The molecule has 0 saturated heterocycles. The van der Waals surface area contributed by atoms with Gasteiger partial charge in [-0.2, -0.15) is 11.3 Å². The summed E-state index contributed by atoms with van der Waals surface area (Å²) >= 11 is 1.71. The molecule has 0 aliphatic carbocycles. The second-order valence-electron chi connectivity index (χ2n) is 3.78. The summed E-state index contributed by atoms with van der Waals surface area (Å²) in [6, 6.07) is 10.3. The van der Waals surface area contributed by atoms with E-state index in [4.69, 9.17) is 5.11 Å². The molecule has 0 aliphatic rings. The number of nitrogens with one attached hydrogen (secondary N) is 1. The van der Waals surface area contributed by atoms with Crippen LogP contribution in [0.25, 0.3) is 0 Å². The first-order valence-electron chi connectivity index (χ1n) is 5.28. The van der Waals surface area contributed by atoms with Crippen molar-refractivity contribution in [2.24, 2.45) is 0 Å². The molecule has 0 radical (unpaired) electrons. The summed E-state index contributed by atoms with van der Waals surface area (Å²) in [5.41, 5.74) is 3.32. The first kappa shape index (κ1) is 11.2. The lowest BCUT2D eigenvalue weighted by Crippen LogP contribution is -2.05. The van der Waals surface area contributed by atoms with Gasteiger partial charge in [0.25, 0.3) is 0 Å². The van der Waals surface area contributed by atoms with Gasteiger partial charge in [0.05, 0.1) is 6.61 Å². The van der Waals surface area contributed by atoms with Crippen molar-refractivity contribution in [3.63, 3.8) is 0 Å². The maximum Gasteiger partial charge on any atom is 0.0681 e. The van der Waals surface area contributed by atoms with E-state index in [9.17, 15) is 0 Å². The van der Waals surface area contributed by atoms with Crippen LogP contribution < -0.4 is 5.32 Å². The second-order valence-corrected chi connectivity index (χ2v) is 4.56. The average Bonchev–Trinajstić information content (AvgIpc) is 2.83. The van der Waals surface area contributed by atoms with Crippen molar-refractivity contribution in [3.05, 3.63) is 52.2 Å². The first-order valence-corrected chi connectivity index (χ1v) is 6.22. The van der Waals surface area contributed by atoms with E-state index >= 15 is 0 Å². The van der Waals surface area contributed by atoms with Crippen molar-refractivity contribution in [3.8, 4) is 0 Å². The fourth-order valence-corrected chi connectivity index (χ4v) is 2.32. The van der Waals surface area contributed by atoms with Gasteiger partial charge in [0.15, 0.2) is 0 Å². The number of hydrogen-bond donors (Lipinski definition) is 2. The molecule has 3 heteroatoms. The van der Waals surface area contributed by atoms with Gasteiger partial charge in [-0.05, 0) is 47.0 Å². The van der Waals surface area contributed by atoms with Crippen molar-refractivity contribution in [1.29, 1.82) is 0 Å². The van der Waals surface area contributed by atoms with E-state index in [1.54, 1.807) is 11.3 Å². The average molecular weight is 233 g/mol. The highest BCUT2D eigenvalue weighted by molar-refractivity contribution is 7.07. The largest absolute Gasteiger partial charge is 0.392 e. The van der Waals surface area contributed by atoms with Crippen molar-refractivity contribution >= 4 is 17.0 Å². The summed E-state index contributed by atoms with van der Waals surface area (Å²) in [6.45, 7) is 2.24. The summed E-state index contributed by atoms with van der Waals surface area (Å²) in [5.74, 6) is 0. The molecular formula is C13H15NOS. The number of thiophene rings is 1. The molecule has 84 valence electrons. The monoisotopic (exact) mass is 233 g/mol. The summed E-state index contributed by atoms with van der Waals surface area (Å²) < 4.78 is 0. The van der Waals surface area contributed by atoms with Gasteiger partial charge in [-0.1, -0.05) is 12.1 Å². The number of benzene rings is 1. The molecule has 2 aromatic rings. The molecule has 0 spiro atoms. The molecule has 16 heavy (non-hydrogen) atoms. The minimum Gasteiger partial charge on any atom is -0.392 e. The molecule has 2 nitrogen and oxygen atoms in total. The highest BCUT2D eigenvalue weighted by atomic mass is 32.1. The van der Waals surface area contributed by atoms with Gasteiger partial charge < -0.3 is 10.4 Å². The van der Waals surface area contributed by atoms with Gasteiger partial charge in [0.1, 0.15) is 0 Å². The smallest absolute Gasteiger partial charge is 0.0681 e. The Labute approximate surface area is 99.6 Å². The van der Waals surface area contributed by atoms with Crippen LogP contribution in [0, 0.1) is 0 Å². The predicted octanol–water partition coefficient (Wildman–Crippen LogP) is 3.41. The fraction of sp³-hybridized carbons (Fsp3) is 0.231. The molecule has 1 aromatic heterocycles. The van der Waals surface area contributed by atoms with Crippen molar-refractivity contribution in [2.75, 3.05) is 5.32 Å². The van der Waals surface area contributed by atoms with E-state index in [1.807, 2.05) is 24.3 Å². The maximum atomic E-state index is 8.94. The molecule has 2 rings (SSSR count). The van der Waals surface area contributed by atoms with E-state index in [-0.39, 0.29) is 6.61 Å². The zero-order valence-electron chi connectivity index (χ0n) is 9.18. The van der Waals surface area contributed by atoms with E-state index in [2.05, 4.69) is 29.1 Å². The molecule has 0 aliphatic heterocycles. The molecular weight excluding hydrogens is 218 g/mol. The molecule has 2 N–H and O–H groups in total. The molecule has 1 atom stereocenters. The Balaban J connectivity index is 2.03. The number of anilines is 1. The number of aliphatic hydroxyl groups is 1. The van der Waals surface area contributed by atoms with Crippen LogP contribution in [0.3, 0.4) is 0 Å². The lowest BCUT2D eigenvalue weighted by molar-refractivity contribution is 0.282. The van der Waals surface area contributed by atoms with Crippen LogP contribution in [-0.4, -0.2) is 5.11 Å². The van der Waals surface area contributed by atoms with Crippen LogP contribution in [0.1, 0.15) is 24.1 Å². The number of aliphatic hydroxyl groups excluding tert-OH is 1. The van der Waals surface area contributed by atoms with Crippen LogP contribution in [0.2, 0.25) is 0 Å². The third kappa shape index (κ3) is 2.62. The summed E-state index contributed by atoms with van der Waals surface area (Å²) in [4.78, 5) is 0. The summed E-state index contributed by atoms with van der Waals surface area (Å²) in [5, 5.41) is 16.6. The highest BCUT2D eigenvalue weighted by Crippen LogP contribution is 2.21. The topological polar surface area (TPSA) is 32.3 Å². The van der Waals surface area contributed by atoms with Gasteiger partial charge in [0, 0.05) is 11.7 Å². The zero-order valence-corrected chi connectivity index (χ0v) is 10.00.